The molecule has 0 atom stereocenters. The van der Waals surface area contributed by atoms with Crippen molar-refractivity contribution >= 4 is 17.5 Å². The molecule has 0 fully saturated rings. The maximum absolute atomic E-state index is 12.0. The van der Waals surface area contributed by atoms with Gasteiger partial charge in [-0.25, -0.2) is 0 Å². The van der Waals surface area contributed by atoms with Gasteiger partial charge in [-0.3, -0.25) is 30.6 Å². The molecule has 2 N–H and O–H groups in total. The molecular formula is C20H23N3O5. The SMILES string of the molecule is CCC(C)(C)c1ccc(OCC(=O)NNC(=O)c2cccc([N+](=O)[O-])c2)cc1. The van der Waals surface area contributed by atoms with Crippen molar-refractivity contribution in [2.45, 2.75) is 32.6 Å². The first-order valence-electron chi connectivity index (χ1n) is 8.80. The average Bonchev–Trinajstić information content (AvgIpc) is 2.70. The molecular weight excluding hydrogens is 362 g/mol. The zero-order valence-electron chi connectivity index (χ0n) is 16.0. The molecule has 8 nitrogen and oxygen atoms in total. The first-order chi connectivity index (χ1) is 13.2. The number of ether oxygens (including phenoxy) is 1. The molecule has 0 aliphatic rings. The molecule has 0 bridgehead atoms. The van der Waals surface area contributed by atoms with Crippen LogP contribution < -0.4 is 15.6 Å². The standard InChI is InChI=1S/C20H23N3O5/c1-4-20(2,3)15-8-10-17(11-9-15)28-13-18(24)21-22-19(25)14-6-5-7-16(12-14)23(26)27/h5-12H,4,13H2,1-3H3,(H,21,24)(H,22,25). The minimum atomic E-state index is -0.664. The van der Waals surface area contributed by atoms with Crippen LogP contribution in [0.5, 0.6) is 5.75 Å². The van der Waals surface area contributed by atoms with Gasteiger partial charge in [0.05, 0.1) is 4.92 Å². The summed E-state index contributed by atoms with van der Waals surface area (Å²) in [5.41, 5.74) is 5.50. The molecule has 0 aromatic heterocycles. The molecule has 0 radical (unpaired) electrons. The summed E-state index contributed by atoms with van der Waals surface area (Å²) in [6.45, 7) is 6.14. The molecule has 0 heterocycles. The first-order valence-corrected chi connectivity index (χ1v) is 8.80. The van der Waals surface area contributed by atoms with Crippen LogP contribution in [0.3, 0.4) is 0 Å². The fourth-order valence-corrected chi connectivity index (χ4v) is 2.35. The number of hydrogen-bond acceptors (Lipinski definition) is 5. The van der Waals surface area contributed by atoms with Crippen molar-refractivity contribution in [2.24, 2.45) is 0 Å². The molecule has 8 heteroatoms. The molecule has 0 aliphatic heterocycles. The number of rotatable bonds is 7. The van der Waals surface area contributed by atoms with Crippen molar-refractivity contribution in [3.63, 3.8) is 0 Å². The molecule has 0 saturated heterocycles. The summed E-state index contributed by atoms with van der Waals surface area (Å²) in [5.74, 6) is -0.684. The van der Waals surface area contributed by atoms with Crippen LogP contribution in [0.25, 0.3) is 0 Å². The predicted octanol–water partition coefficient (Wildman–Crippen LogP) is 3.12. The van der Waals surface area contributed by atoms with Gasteiger partial charge in [-0.2, -0.15) is 0 Å². The highest BCUT2D eigenvalue weighted by molar-refractivity contribution is 5.96. The number of non-ortho nitro benzene ring substituents is 1. The molecule has 2 aromatic carbocycles. The molecule has 2 aromatic rings. The van der Waals surface area contributed by atoms with E-state index in [4.69, 9.17) is 4.74 Å². The Balaban J connectivity index is 1.83. The van der Waals surface area contributed by atoms with E-state index in [1.807, 2.05) is 12.1 Å². The van der Waals surface area contributed by atoms with E-state index < -0.39 is 16.7 Å². The minimum absolute atomic E-state index is 0.0598. The third kappa shape index (κ3) is 5.54. The summed E-state index contributed by atoms with van der Waals surface area (Å²) in [7, 11) is 0. The van der Waals surface area contributed by atoms with E-state index in [0.29, 0.717) is 5.75 Å². The Kier molecular flexibility index (Phi) is 6.70. The Labute approximate surface area is 163 Å². The summed E-state index contributed by atoms with van der Waals surface area (Å²) < 4.78 is 5.41. The lowest BCUT2D eigenvalue weighted by Gasteiger charge is -2.23. The second kappa shape index (κ2) is 8.98. The number of hydrazine groups is 1. The van der Waals surface area contributed by atoms with Crippen molar-refractivity contribution in [1.29, 1.82) is 0 Å². The number of carbonyl (C=O) groups is 2. The maximum Gasteiger partial charge on any atom is 0.276 e. The van der Waals surface area contributed by atoms with Crippen LogP contribution in [-0.2, 0) is 10.2 Å². The number of nitro benzene ring substituents is 1. The van der Waals surface area contributed by atoms with E-state index in [1.165, 1.54) is 23.8 Å². The Hall–Kier alpha value is -3.42. The van der Waals surface area contributed by atoms with Crippen molar-refractivity contribution in [2.75, 3.05) is 6.61 Å². The van der Waals surface area contributed by atoms with Crippen molar-refractivity contribution in [3.05, 3.63) is 69.8 Å². The molecule has 0 aliphatic carbocycles. The van der Waals surface area contributed by atoms with E-state index in [1.54, 1.807) is 12.1 Å². The van der Waals surface area contributed by atoms with Gasteiger partial charge in [0.25, 0.3) is 17.5 Å². The van der Waals surface area contributed by atoms with Crippen LogP contribution in [0, 0.1) is 10.1 Å². The van der Waals surface area contributed by atoms with Crippen LogP contribution in [0.2, 0.25) is 0 Å². The molecule has 2 rings (SSSR count). The highest BCUT2D eigenvalue weighted by Gasteiger charge is 2.17. The monoisotopic (exact) mass is 385 g/mol. The van der Waals surface area contributed by atoms with Crippen LogP contribution in [0.1, 0.15) is 43.1 Å². The highest BCUT2D eigenvalue weighted by atomic mass is 16.6. The number of nitrogens with one attached hydrogen (secondary N) is 2. The fourth-order valence-electron chi connectivity index (χ4n) is 2.35. The van der Waals surface area contributed by atoms with Crippen LogP contribution in [0.4, 0.5) is 5.69 Å². The van der Waals surface area contributed by atoms with Crippen molar-refractivity contribution in [3.8, 4) is 5.75 Å². The van der Waals surface area contributed by atoms with Gasteiger partial charge in [-0.15, -0.1) is 0 Å². The van der Waals surface area contributed by atoms with E-state index >= 15 is 0 Å². The molecule has 0 spiro atoms. The Morgan fingerprint density at radius 3 is 2.39 bits per heavy atom. The first kappa shape index (κ1) is 20.9. The van der Waals surface area contributed by atoms with E-state index in [2.05, 4.69) is 31.6 Å². The Bertz CT molecular complexity index is 862. The smallest absolute Gasteiger partial charge is 0.276 e. The number of nitrogens with zero attached hydrogens (tertiary/aromatic N) is 1. The second-order valence-corrected chi connectivity index (χ2v) is 6.86. The second-order valence-electron chi connectivity index (χ2n) is 6.86. The van der Waals surface area contributed by atoms with Crippen LogP contribution >= 0.6 is 0 Å². The number of amides is 2. The van der Waals surface area contributed by atoms with Crippen molar-refractivity contribution < 1.29 is 19.2 Å². The quantitative estimate of drug-likeness (QED) is 0.562. The zero-order chi connectivity index (χ0) is 20.7. The lowest BCUT2D eigenvalue weighted by molar-refractivity contribution is -0.384. The minimum Gasteiger partial charge on any atom is -0.484 e. The predicted molar refractivity (Wildman–Crippen MR) is 104 cm³/mol. The largest absolute Gasteiger partial charge is 0.484 e. The molecule has 0 saturated carbocycles. The number of benzene rings is 2. The summed E-state index contributed by atoms with van der Waals surface area (Å²) in [6, 6.07) is 12.7. The van der Waals surface area contributed by atoms with E-state index in [9.17, 15) is 19.7 Å². The third-order valence-corrected chi connectivity index (χ3v) is 4.52. The summed E-state index contributed by atoms with van der Waals surface area (Å²) >= 11 is 0. The summed E-state index contributed by atoms with van der Waals surface area (Å²) in [6.07, 6.45) is 1.000. The van der Waals surface area contributed by atoms with E-state index in [0.717, 1.165) is 12.5 Å². The highest BCUT2D eigenvalue weighted by Crippen LogP contribution is 2.27. The number of hydrogen-bond donors (Lipinski definition) is 2. The van der Waals surface area contributed by atoms with Crippen LogP contribution in [0.15, 0.2) is 48.5 Å². The fraction of sp³-hybridized carbons (Fsp3) is 0.300. The van der Waals surface area contributed by atoms with Gasteiger partial charge in [0.2, 0.25) is 0 Å². The van der Waals surface area contributed by atoms with Gasteiger partial charge in [0, 0.05) is 17.7 Å². The average molecular weight is 385 g/mol. The van der Waals surface area contributed by atoms with Gasteiger partial charge in [-0.1, -0.05) is 39.0 Å². The molecule has 0 unspecified atom stereocenters. The van der Waals surface area contributed by atoms with E-state index in [-0.39, 0.29) is 23.3 Å². The maximum atomic E-state index is 12.0. The lowest BCUT2D eigenvalue weighted by Crippen LogP contribution is -2.43. The molecule has 28 heavy (non-hydrogen) atoms. The molecule has 2 amide bonds. The van der Waals surface area contributed by atoms with Gasteiger partial charge in [0.1, 0.15) is 5.75 Å². The Morgan fingerprint density at radius 1 is 1.11 bits per heavy atom. The number of nitro groups is 1. The van der Waals surface area contributed by atoms with Crippen molar-refractivity contribution in [1.82, 2.24) is 10.9 Å². The Morgan fingerprint density at radius 2 is 1.79 bits per heavy atom. The number of carbonyl (C=O) groups excluding carboxylic acids is 2. The summed E-state index contributed by atoms with van der Waals surface area (Å²) in [4.78, 5) is 34.0. The lowest BCUT2D eigenvalue weighted by atomic mass is 9.82. The third-order valence-electron chi connectivity index (χ3n) is 4.52. The molecule has 148 valence electrons. The normalized spacial score (nSPS) is 10.8. The van der Waals surface area contributed by atoms with Gasteiger partial charge >= 0.3 is 0 Å². The zero-order valence-corrected chi connectivity index (χ0v) is 16.0. The van der Waals surface area contributed by atoms with Gasteiger partial charge < -0.3 is 4.74 Å². The van der Waals surface area contributed by atoms with Gasteiger partial charge in [-0.05, 0) is 35.6 Å². The summed E-state index contributed by atoms with van der Waals surface area (Å²) in [5, 5.41) is 10.7. The topological polar surface area (TPSA) is 111 Å². The van der Waals surface area contributed by atoms with Gasteiger partial charge in [0.15, 0.2) is 6.61 Å². The van der Waals surface area contributed by atoms with Crippen LogP contribution in [-0.4, -0.2) is 23.3 Å².